The van der Waals surface area contributed by atoms with Crippen molar-refractivity contribution < 1.29 is 29.6 Å². The third-order valence-electron chi connectivity index (χ3n) is 3.80. The molecule has 1 aliphatic rings. The molecule has 2 rings (SSSR count). The molecule has 1 heterocycles. The quantitative estimate of drug-likeness (QED) is 0.540. The van der Waals surface area contributed by atoms with Crippen LogP contribution in [0.3, 0.4) is 0 Å². The molecule has 26 heavy (non-hydrogen) atoms. The van der Waals surface area contributed by atoms with Gasteiger partial charge in [0.15, 0.2) is 11.5 Å². The number of hydrogen-bond acceptors (Lipinski definition) is 6. The fourth-order valence-corrected chi connectivity index (χ4v) is 2.44. The van der Waals surface area contributed by atoms with Gasteiger partial charge < -0.3 is 25.4 Å². The number of allylic oxidation sites excluding steroid dienone is 2. The van der Waals surface area contributed by atoms with E-state index in [-0.39, 0.29) is 17.9 Å². The highest BCUT2D eigenvalue weighted by Gasteiger charge is 2.26. The van der Waals surface area contributed by atoms with Crippen molar-refractivity contribution in [3.63, 3.8) is 0 Å². The number of carbonyl (C=O) groups is 2. The molecule has 0 amide bonds. The van der Waals surface area contributed by atoms with Gasteiger partial charge in [-0.3, -0.25) is 4.99 Å². The number of rotatable bonds is 7. The van der Waals surface area contributed by atoms with Crippen LogP contribution in [0.2, 0.25) is 0 Å². The monoisotopic (exact) mass is 360 g/mol. The van der Waals surface area contributed by atoms with Crippen LogP contribution in [0, 0.1) is 0 Å². The number of nitrogens with zero attached hydrogens (tertiary/aromatic N) is 1. The molecule has 1 atom stereocenters. The molecular formula is C18H20N2O6. The molecule has 1 aromatic rings. The molecule has 0 saturated heterocycles. The predicted octanol–water partition coefficient (Wildman–Crippen LogP) is 1.36. The third kappa shape index (κ3) is 5.10. The average molecular weight is 360 g/mol. The van der Waals surface area contributed by atoms with Crippen molar-refractivity contribution >= 4 is 18.2 Å². The third-order valence-corrected chi connectivity index (χ3v) is 3.80. The molecule has 0 bridgehead atoms. The van der Waals surface area contributed by atoms with Crippen molar-refractivity contribution in [2.24, 2.45) is 4.99 Å². The normalized spacial score (nSPS) is 18.4. The fourth-order valence-electron chi connectivity index (χ4n) is 2.44. The largest absolute Gasteiger partial charge is 0.504 e. The van der Waals surface area contributed by atoms with Crippen molar-refractivity contribution in [1.82, 2.24) is 5.32 Å². The van der Waals surface area contributed by atoms with Gasteiger partial charge in [-0.05, 0) is 41.8 Å². The van der Waals surface area contributed by atoms with Crippen LogP contribution in [0.5, 0.6) is 11.5 Å². The number of phenolic OH excluding ortho intramolecular Hbond substituents is 1. The van der Waals surface area contributed by atoms with Gasteiger partial charge in [0.25, 0.3) is 0 Å². The van der Waals surface area contributed by atoms with Crippen LogP contribution in [0.4, 0.5) is 0 Å². The number of aromatic hydroxyl groups is 1. The Morgan fingerprint density at radius 2 is 2.15 bits per heavy atom. The minimum absolute atomic E-state index is 0.0735. The predicted molar refractivity (Wildman–Crippen MR) is 94.7 cm³/mol. The first-order valence-electron chi connectivity index (χ1n) is 7.90. The van der Waals surface area contributed by atoms with Crippen LogP contribution in [0.15, 0.2) is 46.6 Å². The lowest BCUT2D eigenvalue weighted by atomic mass is 10.00. The molecule has 0 fully saturated rings. The highest BCUT2D eigenvalue weighted by atomic mass is 16.5. The standard InChI is InChI=1S/C18H20N2O6/c1-26-16-10-11(2-3-15(16)21)4-6-19-7-5-12-8-13(17(22)23)20-14(9-12)18(24)25/h2-3,5,7-8,10,14,20-21H,4,6,9H2,1H3,(H,22,23)(H,24,25)/b12-5+,19-7?/t14-/m0/s1. The van der Waals surface area contributed by atoms with Crippen LogP contribution in [0.25, 0.3) is 0 Å². The summed E-state index contributed by atoms with van der Waals surface area (Å²) in [7, 11) is 1.48. The molecule has 0 aromatic heterocycles. The highest BCUT2D eigenvalue weighted by molar-refractivity contribution is 5.89. The summed E-state index contributed by atoms with van der Waals surface area (Å²) >= 11 is 0. The van der Waals surface area contributed by atoms with Gasteiger partial charge in [0.05, 0.1) is 7.11 Å². The minimum Gasteiger partial charge on any atom is -0.504 e. The average Bonchev–Trinajstić information content (AvgIpc) is 2.62. The molecule has 8 nitrogen and oxygen atoms in total. The van der Waals surface area contributed by atoms with Crippen molar-refractivity contribution in [3.8, 4) is 11.5 Å². The van der Waals surface area contributed by atoms with Crippen molar-refractivity contribution in [1.29, 1.82) is 0 Å². The van der Waals surface area contributed by atoms with E-state index in [0.29, 0.717) is 24.3 Å². The molecule has 0 unspecified atom stereocenters. The maximum Gasteiger partial charge on any atom is 0.351 e. The summed E-state index contributed by atoms with van der Waals surface area (Å²) in [6.45, 7) is 0.480. The summed E-state index contributed by atoms with van der Waals surface area (Å²) in [4.78, 5) is 26.4. The maximum atomic E-state index is 11.1. The molecule has 1 aliphatic heterocycles. The van der Waals surface area contributed by atoms with E-state index < -0.39 is 18.0 Å². The zero-order chi connectivity index (χ0) is 19.1. The van der Waals surface area contributed by atoms with Gasteiger partial charge in [0.1, 0.15) is 11.7 Å². The number of nitrogens with one attached hydrogen (secondary N) is 1. The summed E-state index contributed by atoms with van der Waals surface area (Å²) in [5, 5.41) is 30.1. The van der Waals surface area contributed by atoms with E-state index in [1.54, 1.807) is 24.3 Å². The van der Waals surface area contributed by atoms with E-state index in [2.05, 4.69) is 10.3 Å². The SMILES string of the molecule is COc1cc(CCN=C/C=C2\C=C(C(=O)O)N[C@H](C(=O)O)C2)ccc1O. The van der Waals surface area contributed by atoms with Gasteiger partial charge in [-0.25, -0.2) is 9.59 Å². The number of phenols is 1. The zero-order valence-corrected chi connectivity index (χ0v) is 14.2. The van der Waals surface area contributed by atoms with Crippen molar-refractivity contribution in [3.05, 3.63) is 47.2 Å². The fraction of sp³-hybridized carbons (Fsp3) is 0.278. The van der Waals surface area contributed by atoms with Crippen LogP contribution in [-0.2, 0) is 16.0 Å². The molecular weight excluding hydrogens is 340 g/mol. The lowest BCUT2D eigenvalue weighted by Gasteiger charge is -2.21. The van der Waals surface area contributed by atoms with Gasteiger partial charge in [-0.1, -0.05) is 6.07 Å². The minimum atomic E-state index is -1.21. The van der Waals surface area contributed by atoms with Gasteiger partial charge >= 0.3 is 11.9 Å². The lowest BCUT2D eigenvalue weighted by molar-refractivity contribution is -0.139. The number of methoxy groups -OCH3 is 1. The summed E-state index contributed by atoms with van der Waals surface area (Å²) in [5.41, 5.74) is 1.37. The Labute approximate surface area is 150 Å². The molecule has 0 aliphatic carbocycles. The topological polar surface area (TPSA) is 128 Å². The smallest absolute Gasteiger partial charge is 0.351 e. The zero-order valence-electron chi connectivity index (χ0n) is 14.2. The summed E-state index contributed by atoms with van der Waals surface area (Å²) < 4.78 is 5.04. The Hall–Kier alpha value is -3.29. The van der Waals surface area contributed by atoms with E-state index >= 15 is 0 Å². The second-order valence-corrected chi connectivity index (χ2v) is 5.66. The molecule has 0 saturated carbocycles. The Balaban J connectivity index is 1.98. The van der Waals surface area contributed by atoms with E-state index in [4.69, 9.17) is 14.9 Å². The van der Waals surface area contributed by atoms with Crippen molar-refractivity contribution in [2.75, 3.05) is 13.7 Å². The summed E-state index contributed by atoms with van der Waals surface area (Å²) in [6, 6.07) is 4.09. The molecule has 8 heteroatoms. The molecule has 1 aromatic carbocycles. The van der Waals surface area contributed by atoms with E-state index in [0.717, 1.165) is 5.56 Å². The van der Waals surface area contributed by atoms with Gasteiger partial charge in [-0.2, -0.15) is 0 Å². The Kier molecular flexibility index (Phi) is 6.37. The second-order valence-electron chi connectivity index (χ2n) is 5.66. The molecule has 4 N–H and O–H groups in total. The Bertz CT molecular complexity index is 782. The number of aliphatic imine (C=N–C) groups is 1. The number of carboxylic acid groups (broad SMARTS) is 2. The number of aliphatic carboxylic acids is 2. The Morgan fingerprint density at radius 1 is 1.38 bits per heavy atom. The highest BCUT2D eigenvalue weighted by Crippen LogP contribution is 2.26. The first-order valence-corrected chi connectivity index (χ1v) is 7.90. The lowest BCUT2D eigenvalue weighted by Crippen LogP contribution is -2.41. The Morgan fingerprint density at radius 3 is 2.81 bits per heavy atom. The van der Waals surface area contributed by atoms with Crippen molar-refractivity contribution in [2.45, 2.75) is 18.9 Å². The second kappa shape index (κ2) is 8.70. The number of ether oxygens (including phenoxy) is 1. The maximum absolute atomic E-state index is 11.1. The molecule has 0 spiro atoms. The van der Waals surface area contributed by atoms with E-state index in [1.807, 2.05) is 0 Å². The molecule has 138 valence electrons. The summed E-state index contributed by atoms with van der Waals surface area (Å²) in [5.74, 6) is -1.85. The number of benzene rings is 1. The van der Waals surface area contributed by atoms with Crippen LogP contribution in [-0.4, -0.2) is 53.2 Å². The number of hydrogen-bond donors (Lipinski definition) is 4. The van der Waals surface area contributed by atoms with Gasteiger partial charge in [0, 0.05) is 19.2 Å². The summed E-state index contributed by atoms with van der Waals surface area (Å²) in [6.07, 6.45) is 5.35. The van der Waals surface area contributed by atoms with Crippen LogP contribution >= 0.6 is 0 Å². The van der Waals surface area contributed by atoms with E-state index in [1.165, 1.54) is 19.4 Å². The molecule has 0 radical (unpaired) electrons. The first kappa shape index (κ1) is 19.0. The van der Waals surface area contributed by atoms with Crippen LogP contribution in [0.1, 0.15) is 12.0 Å². The van der Waals surface area contributed by atoms with Gasteiger partial charge in [-0.15, -0.1) is 0 Å². The van der Waals surface area contributed by atoms with Crippen LogP contribution < -0.4 is 10.1 Å². The van der Waals surface area contributed by atoms with Gasteiger partial charge in [0.2, 0.25) is 0 Å². The van der Waals surface area contributed by atoms with E-state index in [9.17, 15) is 14.7 Å². The number of carboxylic acids is 2. The first-order chi connectivity index (χ1) is 12.4.